The molecule has 24 heavy (non-hydrogen) atoms. The topological polar surface area (TPSA) is 106 Å². The zero-order valence-corrected chi connectivity index (χ0v) is 13.7. The van der Waals surface area contributed by atoms with Crippen molar-refractivity contribution in [1.82, 2.24) is 0 Å². The minimum absolute atomic E-state index is 0.0195. The third kappa shape index (κ3) is 3.39. The van der Waals surface area contributed by atoms with Crippen LogP contribution in [0, 0.1) is 0 Å². The van der Waals surface area contributed by atoms with Gasteiger partial charge in [0, 0.05) is 4.91 Å². The molecule has 0 amide bonds. The Bertz CT molecular complexity index is 619. The van der Waals surface area contributed by atoms with Gasteiger partial charge in [-0.2, -0.15) is 0 Å². The third-order valence-corrected chi connectivity index (χ3v) is 4.13. The van der Waals surface area contributed by atoms with Crippen molar-refractivity contribution in [3.8, 4) is 0 Å². The fourth-order valence-electron chi connectivity index (χ4n) is 3.01. The summed E-state index contributed by atoms with van der Waals surface area (Å²) in [6.07, 6.45) is -1.77. The predicted octanol–water partition coefficient (Wildman–Crippen LogP) is 2.12. The lowest BCUT2D eigenvalue weighted by Crippen LogP contribution is -2.62. The smallest absolute Gasteiger partial charge is 0.222 e. The summed E-state index contributed by atoms with van der Waals surface area (Å²) in [5.41, 5.74) is 9.80. The van der Waals surface area contributed by atoms with Crippen LogP contribution in [0.25, 0.3) is 10.4 Å². The molecule has 8 nitrogen and oxygen atoms in total. The lowest BCUT2D eigenvalue weighted by molar-refractivity contribution is -0.329. The number of ether oxygens (including phenoxy) is 4. The minimum atomic E-state index is -1.21. The summed E-state index contributed by atoms with van der Waals surface area (Å²) >= 11 is 0. The normalized spacial score (nSPS) is 34.9. The van der Waals surface area contributed by atoms with Gasteiger partial charge < -0.3 is 24.1 Å². The molecule has 4 atom stereocenters. The van der Waals surface area contributed by atoms with Gasteiger partial charge in [0.05, 0.1) is 25.4 Å². The number of hydrogen-bond donors (Lipinski definition) is 1. The Balaban J connectivity index is 1.85. The van der Waals surface area contributed by atoms with E-state index in [1.165, 1.54) is 0 Å². The van der Waals surface area contributed by atoms with Crippen molar-refractivity contribution in [1.29, 1.82) is 0 Å². The lowest BCUT2D eigenvalue weighted by atomic mass is 9.95. The molecule has 2 aliphatic rings. The van der Waals surface area contributed by atoms with Crippen LogP contribution >= 0.6 is 0 Å². The van der Waals surface area contributed by atoms with Crippen LogP contribution in [0.4, 0.5) is 0 Å². The molecule has 0 aliphatic carbocycles. The van der Waals surface area contributed by atoms with Crippen LogP contribution < -0.4 is 0 Å². The second-order valence-electron chi connectivity index (χ2n) is 6.39. The molecular formula is C16H21N3O5. The van der Waals surface area contributed by atoms with E-state index >= 15 is 0 Å². The standard InChI is InChI=1S/C16H21N3O5/c1-15(2)23-10-16(24-15)14(13(18-19-17)12(20)9-22-16)21-8-11-6-4-3-5-7-11/h3-7,12-14,20H,8-10H2,1-2H3/t12-,13-,14+,16+/m1/s1. The van der Waals surface area contributed by atoms with Crippen molar-refractivity contribution in [3.05, 3.63) is 46.3 Å². The van der Waals surface area contributed by atoms with E-state index in [1.54, 1.807) is 13.8 Å². The Kier molecular flexibility index (Phi) is 4.78. The van der Waals surface area contributed by atoms with Crippen molar-refractivity contribution in [2.75, 3.05) is 13.2 Å². The quantitative estimate of drug-likeness (QED) is 0.515. The molecule has 3 rings (SSSR count). The van der Waals surface area contributed by atoms with E-state index in [4.69, 9.17) is 24.5 Å². The summed E-state index contributed by atoms with van der Waals surface area (Å²) in [7, 11) is 0. The molecule has 1 N–H and O–H groups in total. The average molecular weight is 335 g/mol. The zero-order valence-electron chi connectivity index (χ0n) is 13.7. The van der Waals surface area contributed by atoms with E-state index in [1.807, 2.05) is 30.3 Å². The maximum Gasteiger partial charge on any atom is 0.222 e. The molecule has 0 unspecified atom stereocenters. The monoisotopic (exact) mass is 335 g/mol. The van der Waals surface area contributed by atoms with Gasteiger partial charge in [0.1, 0.15) is 12.7 Å². The van der Waals surface area contributed by atoms with Gasteiger partial charge in [0.25, 0.3) is 0 Å². The van der Waals surface area contributed by atoms with E-state index in [9.17, 15) is 5.11 Å². The second-order valence-corrected chi connectivity index (χ2v) is 6.39. The minimum Gasteiger partial charge on any atom is -0.390 e. The van der Waals surface area contributed by atoms with E-state index in [0.29, 0.717) is 0 Å². The Morgan fingerprint density at radius 1 is 1.33 bits per heavy atom. The largest absolute Gasteiger partial charge is 0.390 e. The van der Waals surface area contributed by atoms with Crippen molar-refractivity contribution in [2.45, 2.75) is 50.3 Å². The summed E-state index contributed by atoms with van der Waals surface area (Å²) in [5, 5.41) is 13.9. The number of nitrogens with zero attached hydrogens (tertiary/aromatic N) is 3. The number of rotatable bonds is 4. The van der Waals surface area contributed by atoms with Crippen molar-refractivity contribution in [2.24, 2.45) is 5.11 Å². The third-order valence-electron chi connectivity index (χ3n) is 4.13. The van der Waals surface area contributed by atoms with E-state index in [2.05, 4.69) is 10.0 Å². The summed E-state index contributed by atoms with van der Waals surface area (Å²) in [6.45, 7) is 3.92. The van der Waals surface area contributed by atoms with Crippen LogP contribution in [0.5, 0.6) is 0 Å². The summed E-state index contributed by atoms with van der Waals surface area (Å²) < 4.78 is 23.3. The van der Waals surface area contributed by atoms with Gasteiger partial charge in [-0.3, -0.25) is 0 Å². The van der Waals surface area contributed by atoms with Crippen LogP contribution in [0.15, 0.2) is 35.4 Å². The average Bonchev–Trinajstić information content (AvgIpc) is 2.87. The van der Waals surface area contributed by atoms with Crippen LogP contribution in [0.3, 0.4) is 0 Å². The Hall–Kier alpha value is -1.67. The van der Waals surface area contributed by atoms with Crippen LogP contribution in [0.2, 0.25) is 0 Å². The molecule has 1 aromatic carbocycles. The van der Waals surface area contributed by atoms with Crippen molar-refractivity contribution >= 4 is 0 Å². The molecule has 0 bridgehead atoms. The highest BCUT2D eigenvalue weighted by molar-refractivity contribution is 5.14. The Morgan fingerprint density at radius 2 is 2.08 bits per heavy atom. The maximum atomic E-state index is 10.2. The van der Waals surface area contributed by atoms with Crippen LogP contribution in [0.1, 0.15) is 19.4 Å². The lowest BCUT2D eigenvalue weighted by Gasteiger charge is -2.44. The molecule has 1 spiro atoms. The highest BCUT2D eigenvalue weighted by atomic mass is 16.8. The Morgan fingerprint density at radius 3 is 2.71 bits per heavy atom. The van der Waals surface area contributed by atoms with Crippen molar-refractivity contribution < 1.29 is 24.1 Å². The molecule has 130 valence electrons. The van der Waals surface area contributed by atoms with Crippen molar-refractivity contribution in [3.63, 3.8) is 0 Å². The van der Waals surface area contributed by atoms with Gasteiger partial charge in [-0.05, 0) is 24.9 Å². The number of aliphatic hydroxyl groups excluding tert-OH is 1. The number of aliphatic hydroxyl groups is 1. The molecule has 0 aromatic heterocycles. The SMILES string of the molecule is CC1(C)OC[C@]2(OC[C@@H](O)[C@@H](N=[N+]=[N-])[C@@H]2OCc2ccccc2)O1. The number of benzene rings is 1. The highest BCUT2D eigenvalue weighted by Crippen LogP contribution is 2.41. The predicted molar refractivity (Wildman–Crippen MR) is 83.8 cm³/mol. The highest BCUT2D eigenvalue weighted by Gasteiger charge is 2.59. The molecule has 0 radical (unpaired) electrons. The summed E-state index contributed by atoms with van der Waals surface area (Å²) in [5.74, 6) is -2.06. The number of azide groups is 1. The van der Waals surface area contributed by atoms with Crippen LogP contribution in [-0.4, -0.2) is 48.1 Å². The second kappa shape index (κ2) is 6.68. The fraction of sp³-hybridized carbons (Fsp3) is 0.625. The van der Waals surface area contributed by atoms with Crippen LogP contribution in [-0.2, 0) is 25.6 Å². The van der Waals surface area contributed by atoms with E-state index in [-0.39, 0.29) is 19.8 Å². The fourth-order valence-corrected chi connectivity index (χ4v) is 3.01. The number of hydrogen-bond acceptors (Lipinski definition) is 6. The molecule has 2 heterocycles. The molecule has 8 heteroatoms. The molecule has 2 aliphatic heterocycles. The van der Waals surface area contributed by atoms with Gasteiger partial charge in [0.15, 0.2) is 5.79 Å². The molecule has 0 saturated carbocycles. The molecule has 2 fully saturated rings. The maximum absolute atomic E-state index is 10.2. The molecule has 1 aromatic rings. The summed E-state index contributed by atoms with van der Waals surface area (Å²) in [6, 6.07) is 8.74. The Labute approximate surface area is 139 Å². The van der Waals surface area contributed by atoms with Gasteiger partial charge in [-0.15, -0.1) is 0 Å². The first-order valence-corrected chi connectivity index (χ1v) is 7.82. The first kappa shape index (κ1) is 17.2. The van der Waals surface area contributed by atoms with E-state index < -0.39 is 29.8 Å². The summed E-state index contributed by atoms with van der Waals surface area (Å²) in [4.78, 5) is 2.84. The first-order valence-electron chi connectivity index (χ1n) is 7.82. The van der Waals surface area contributed by atoms with Gasteiger partial charge in [0.2, 0.25) is 5.79 Å². The van der Waals surface area contributed by atoms with E-state index in [0.717, 1.165) is 5.56 Å². The molecular weight excluding hydrogens is 314 g/mol. The molecule has 2 saturated heterocycles. The van der Waals surface area contributed by atoms with Gasteiger partial charge in [-0.25, -0.2) is 0 Å². The zero-order chi connectivity index (χ0) is 17.2. The van der Waals surface area contributed by atoms with Gasteiger partial charge >= 0.3 is 0 Å². The van der Waals surface area contributed by atoms with Gasteiger partial charge in [-0.1, -0.05) is 35.4 Å². The first-order chi connectivity index (χ1) is 11.5.